The van der Waals surface area contributed by atoms with E-state index in [9.17, 15) is 0 Å². The zero-order valence-corrected chi connectivity index (χ0v) is 19.8. The summed E-state index contributed by atoms with van der Waals surface area (Å²) in [7, 11) is 0. The maximum absolute atomic E-state index is 2.47. The number of hydrogen-bond donors (Lipinski definition) is 0. The predicted molar refractivity (Wildman–Crippen MR) is 104 cm³/mol. The van der Waals surface area contributed by atoms with Crippen LogP contribution >= 0.6 is 0 Å². The molecule has 1 fully saturated rings. The summed E-state index contributed by atoms with van der Waals surface area (Å²) >= 11 is -1.86. The first-order valence-corrected chi connectivity index (χ1v) is 13.4. The van der Waals surface area contributed by atoms with Gasteiger partial charge in [0, 0.05) is 0 Å². The molecule has 0 bridgehead atoms. The van der Waals surface area contributed by atoms with Gasteiger partial charge in [-0.15, -0.1) is 0 Å². The van der Waals surface area contributed by atoms with E-state index in [0.29, 0.717) is 3.63 Å². The molecule has 0 spiro atoms. The average Bonchev–Trinajstić information content (AvgIpc) is 3.17. The van der Waals surface area contributed by atoms with E-state index in [-0.39, 0.29) is 24.8 Å². The average molecular weight is 475 g/mol. The van der Waals surface area contributed by atoms with Gasteiger partial charge >= 0.3 is 159 Å². The van der Waals surface area contributed by atoms with Crippen LogP contribution in [0.2, 0.25) is 0 Å². The molecular formula is C24H24Cl2Zr. The quantitative estimate of drug-likeness (QED) is 0.584. The van der Waals surface area contributed by atoms with Gasteiger partial charge in [0.2, 0.25) is 0 Å². The van der Waals surface area contributed by atoms with Crippen molar-refractivity contribution in [2.45, 2.75) is 43.2 Å². The predicted octanol–water partition coefficient (Wildman–Crippen LogP) is 0.200. The van der Waals surface area contributed by atoms with Gasteiger partial charge in [0.25, 0.3) is 0 Å². The van der Waals surface area contributed by atoms with Crippen molar-refractivity contribution in [2.75, 3.05) is 0 Å². The Bertz CT molecular complexity index is 924. The Labute approximate surface area is 182 Å². The van der Waals surface area contributed by atoms with Crippen molar-refractivity contribution in [3.05, 3.63) is 80.2 Å². The Hall–Kier alpha value is -0.747. The minimum atomic E-state index is -1.86. The first kappa shape index (κ1) is 21.0. The first-order chi connectivity index (χ1) is 12.2. The third kappa shape index (κ3) is 3.52. The van der Waals surface area contributed by atoms with Gasteiger partial charge in [0.05, 0.1) is 0 Å². The molecule has 2 aromatic carbocycles. The fourth-order valence-electron chi connectivity index (χ4n) is 4.68. The topological polar surface area (TPSA) is 0 Å². The van der Waals surface area contributed by atoms with Gasteiger partial charge in [-0.05, 0) is 0 Å². The second-order valence-electron chi connectivity index (χ2n) is 7.81. The number of fused-ring (bicyclic) bond motifs is 3. The van der Waals surface area contributed by atoms with Crippen LogP contribution in [-0.4, -0.2) is 3.21 Å². The summed E-state index contributed by atoms with van der Waals surface area (Å²) in [6, 6.07) is 14.4. The van der Waals surface area contributed by atoms with Crippen LogP contribution in [0, 0.1) is 13.8 Å². The van der Waals surface area contributed by atoms with E-state index in [0.717, 1.165) is 0 Å². The third-order valence-electron chi connectivity index (χ3n) is 6.07. The van der Waals surface area contributed by atoms with Gasteiger partial charge in [-0.1, -0.05) is 0 Å². The molecule has 0 saturated heterocycles. The van der Waals surface area contributed by atoms with Crippen molar-refractivity contribution in [2.24, 2.45) is 0 Å². The van der Waals surface area contributed by atoms with Crippen LogP contribution in [-0.2, 0) is 21.3 Å². The fourth-order valence-corrected chi connectivity index (χ4v) is 14.2. The number of halogens is 2. The standard InChI is InChI=1S/C15H13.C5H5.C4H6.2ClH.Zr/c1-10-3-5-12-9-13-6-4-11(2)8-15(13)14(12)7-10;1-2-4-5-3-1;1-2-4-3-1;;;/h3-9H,1-2H3;1-3H,4H2;1-3H2;2*1H;/q;;;;;+2/p-2. The molecule has 0 unspecified atom stereocenters. The van der Waals surface area contributed by atoms with Crippen molar-refractivity contribution in [3.8, 4) is 11.1 Å². The van der Waals surface area contributed by atoms with E-state index in [2.05, 4.69) is 68.5 Å². The molecular weight excluding hydrogens is 450 g/mol. The Kier molecular flexibility index (Phi) is 6.46. The summed E-state index contributed by atoms with van der Waals surface area (Å²) < 4.78 is 4.50. The van der Waals surface area contributed by atoms with Gasteiger partial charge in [-0.2, -0.15) is 0 Å². The molecule has 0 aromatic heterocycles. The van der Waals surface area contributed by atoms with E-state index in [1.165, 1.54) is 47.9 Å². The molecule has 2 aromatic rings. The summed E-state index contributed by atoms with van der Waals surface area (Å²) in [4.78, 5) is 0. The van der Waals surface area contributed by atoms with Crippen LogP contribution < -0.4 is 24.8 Å². The van der Waals surface area contributed by atoms with Crippen molar-refractivity contribution < 1.29 is 46.1 Å². The van der Waals surface area contributed by atoms with E-state index in [1.807, 2.05) is 6.49 Å². The second-order valence-corrected chi connectivity index (χ2v) is 14.6. The Morgan fingerprint density at radius 2 is 1.44 bits per heavy atom. The van der Waals surface area contributed by atoms with Crippen molar-refractivity contribution in [1.82, 2.24) is 0 Å². The molecule has 0 N–H and O–H groups in total. The van der Waals surface area contributed by atoms with Crippen LogP contribution in [0.3, 0.4) is 0 Å². The molecule has 3 heteroatoms. The SMILES string of the molecule is Cc1ccc2c(c1)-c1cc(C)ccc1[CH]2[Zr+2]([C]1=CC=CC1)=[C]1CCC1.[Cl-].[Cl-]. The molecule has 3 aliphatic carbocycles. The Morgan fingerprint density at radius 1 is 0.852 bits per heavy atom. The van der Waals surface area contributed by atoms with E-state index in [1.54, 1.807) is 11.1 Å². The van der Waals surface area contributed by atoms with Crippen LogP contribution in [0.5, 0.6) is 0 Å². The summed E-state index contributed by atoms with van der Waals surface area (Å²) in [5.41, 5.74) is 9.08. The molecule has 27 heavy (non-hydrogen) atoms. The number of hydrogen-bond acceptors (Lipinski definition) is 0. The van der Waals surface area contributed by atoms with E-state index >= 15 is 0 Å². The van der Waals surface area contributed by atoms with Gasteiger partial charge in [-0.3, -0.25) is 0 Å². The molecule has 0 radical (unpaired) electrons. The van der Waals surface area contributed by atoms with Gasteiger partial charge in [0.1, 0.15) is 0 Å². The minimum Gasteiger partial charge on any atom is -1.00 e. The number of rotatable bonds is 2. The molecule has 1 saturated carbocycles. The van der Waals surface area contributed by atoms with Crippen LogP contribution in [0.4, 0.5) is 0 Å². The molecule has 3 aliphatic rings. The maximum Gasteiger partial charge on any atom is -1.00 e. The van der Waals surface area contributed by atoms with Crippen LogP contribution in [0.1, 0.15) is 51.6 Å². The third-order valence-corrected chi connectivity index (χ3v) is 14.7. The second kappa shape index (κ2) is 8.32. The zero-order chi connectivity index (χ0) is 17.0. The monoisotopic (exact) mass is 472 g/mol. The largest absolute Gasteiger partial charge is 1.00 e. The van der Waals surface area contributed by atoms with Crippen molar-refractivity contribution in [1.29, 1.82) is 0 Å². The molecule has 5 rings (SSSR count). The van der Waals surface area contributed by atoms with E-state index in [4.69, 9.17) is 0 Å². The number of allylic oxidation sites excluding steroid dienone is 4. The summed E-state index contributed by atoms with van der Waals surface area (Å²) in [5, 5.41) is 0. The molecule has 0 amide bonds. The summed E-state index contributed by atoms with van der Waals surface area (Å²) in [5.74, 6) is 0. The maximum atomic E-state index is 2.47. The molecule has 0 aliphatic heterocycles. The van der Waals surface area contributed by atoms with Gasteiger partial charge in [0.15, 0.2) is 0 Å². The zero-order valence-electron chi connectivity index (χ0n) is 15.9. The molecule has 0 atom stereocenters. The fraction of sp³-hybridized carbons (Fsp3) is 0.292. The van der Waals surface area contributed by atoms with Crippen LogP contribution in [0.15, 0.2) is 57.9 Å². The number of benzene rings is 2. The van der Waals surface area contributed by atoms with Gasteiger partial charge in [-0.25, -0.2) is 0 Å². The molecule has 0 heterocycles. The Balaban J connectivity index is 0.00000105. The van der Waals surface area contributed by atoms with E-state index < -0.39 is 21.3 Å². The first-order valence-electron chi connectivity index (χ1n) is 9.52. The minimum absolute atomic E-state index is 0. The normalized spacial score (nSPS) is 16.3. The van der Waals surface area contributed by atoms with Crippen molar-refractivity contribution in [3.63, 3.8) is 0 Å². The summed E-state index contributed by atoms with van der Waals surface area (Å²) in [6.45, 7) is 4.46. The Morgan fingerprint density at radius 3 is 1.89 bits per heavy atom. The smallest absolute Gasteiger partial charge is 1.00 e. The summed E-state index contributed by atoms with van der Waals surface area (Å²) in [6.07, 6.45) is 12.6. The molecule has 138 valence electrons. The van der Waals surface area contributed by atoms with Crippen LogP contribution in [0.25, 0.3) is 11.1 Å². The van der Waals surface area contributed by atoms with Crippen molar-refractivity contribution >= 4 is 3.21 Å². The number of aryl methyl sites for hydroxylation is 2. The van der Waals surface area contributed by atoms with Gasteiger partial charge < -0.3 is 24.8 Å². The molecule has 0 nitrogen and oxygen atoms in total.